The van der Waals surface area contributed by atoms with E-state index in [2.05, 4.69) is 20.3 Å². The van der Waals surface area contributed by atoms with E-state index in [1.807, 2.05) is 67.6 Å². The van der Waals surface area contributed by atoms with Crippen LogP contribution in [0.4, 0.5) is 10.2 Å². The normalized spacial score (nSPS) is 11.3. The number of amidine groups is 1. The lowest BCUT2D eigenvalue weighted by Crippen LogP contribution is -2.13. The van der Waals surface area contributed by atoms with Gasteiger partial charge in [-0.2, -0.15) is 4.98 Å². The summed E-state index contributed by atoms with van der Waals surface area (Å²) in [5.74, 6) is 0.223. The van der Waals surface area contributed by atoms with Gasteiger partial charge in [0, 0.05) is 12.3 Å². The maximum atomic E-state index is 14.3. The van der Waals surface area contributed by atoms with Crippen molar-refractivity contribution in [2.24, 2.45) is 4.99 Å². The number of hydrogen-bond acceptors (Lipinski definition) is 5. The summed E-state index contributed by atoms with van der Waals surface area (Å²) < 4.78 is 19.9. The van der Waals surface area contributed by atoms with Gasteiger partial charge in [-0.1, -0.05) is 79.3 Å². The third-order valence-electron chi connectivity index (χ3n) is 3.86. The molecular weight excluding hydrogens is 387 g/mol. The highest BCUT2D eigenvalue weighted by atomic mass is 32.2. The van der Waals surface area contributed by atoms with Crippen LogP contribution < -0.4 is 10.1 Å². The summed E-state index contributed by atoms with van der Waals surface area (Å²) in [5, 5.41) is 3.61. The number of rotatable bonds is 8. The predicted octanol–water partition coefficient (Wildman–Crippen LogP) is 5.31. The molecule has 0 saturated carbocycles. The van der Waals surface area contributed by atoms with Gasteiger partial charge >= 0.3 is 6.01 Å². The van der Waals surface area contributed by atoms with Gasteiger partial charge in [0.25, 0.3) is 0 Å². The number of halogens is 1. The summed E-state index contributed by atoms with van der Waals surface area (Å²) in [6, 6.07) is 19.8. The lowest BCUT2D eigenvalue weighted by Gasteiger charge is -2.11. The van der Waals surface area contributed by atoms with Gasteiger partial charge in [0.15, 0.2) is 16.8 Å². The van der Waals surface area contributed by atoms with Gasteiger partial charge in [0.1, 0.15) is 6.61 Å². The van der Waals surface area contributed by atoms with E-state index in [0.717, 1.165) is 23.9 Å². The number of benzene rings is 2. The average Bonchev–Trinajstić information content (AvgIpc) is 2.77. The second-order valence-electron chi connectivity index (χ2n) is 6.21. The SMILES string of the molecule is CCC/N=C(/Nc1nc(OCc2ccccc2)ncc1F)SCc1ccccc1. The molecule has 3 aromatic rings. The van der Waals surface area contributed by atoms with Crippen molar-refractivity contribution in [1.82, 2.24) is 9.97 Å². The van der Waals surface area contributed by atoms with Crippen molar-refractivity contribution in [2.45, 2.75) is 25.7 Å². The molecule has 0 aliphatic heterocycles. The second kappa shape index (κ2) is 11.2. The molecule has 0 aliphatic rings. The number of aliphatic imine (C=N–C) groups is 1. The van der Waals surface area contributed by atoms with Crippen LogP contribution in [-0.4, -0.2) is 21.7 Å². The van der Waals surface area contributed by atoms with Crippen molar-refractivity contribution >= 4 is 22.7 Å². The molecule has 0 spiro atoms. The number of anilines is 1. The second-order valence-corrected chi connectivity index (χ2v) is 7.17. The predicted molar refractivity (Wildman–Crippen MR) is 117 cm³/mol. The first-order valence-electron chi connectivity index (χ1n) is 9.42. The molecule has 1 aromatic heterocycles. The molecule has 5 nitrogen and oxygen atoms in total. The Morgan fingerprint density at radius 3 is 2.45 bits per heavy atom. The molecule has 29 heavy (non-hydrogen) atoms. The Balaban J connectivity index is 1.67. The van der Waals surface area contributed by atoms with Crippen LogP contribution in [0.1, 0.15) is 24.5 Å². The minimum Gasteiger partial charge on any atom is -0.459 e. The molecule has 1 N–H and O–H groups in total. The lowest BCUT2D eigenvalue weighted by atomic mass is 10.2. The fourth-order valence-electron chi connectivity index (χ4n) is 2.39. The Morgan fingerprint density at radius 1 is 1.07 bits per heavy atom. The van der Waals surface area contributed by atoms with Gasteiger partial charge in [0.05, 0.1) is 6.20 Å². The Bertz CT molecular complexity index is 923. The summed E-state index contributed by atoms with van der Waals surface area (Å²) in [5.41, 5.74) is 2.15. The van der Waals surface area contributed by atoms with Crippen LogP contribution in [0.5, 0.6) is 6.01 Å². The van der Waals surface area contributed by atoms with Crippen LogP contribution in [0.15, 0.2) is 71.9 Å². The van der Waals surface area contributed by atoms with E-state index in [-0.39, 0.29) is 11.8 Å². The first kappa shape index (κ1) is 20.8. The number of nitrogens with zero attached hydrogens (tertiary/aromatic N) is 3. The van der Waals surface area contributed by atoms with E-state index in [4.69, 9.17) is 4.74 Å². The van der Waals surface area contributed by atoms with E-state index in [0.29, 0.717) is 18.3 Å². The van der Waals surface area contributed by atoms with E-state index in [1.54, 1.807) is 0 Å². The van der Waals surface area contributed by atoms with Crippen LogP contribution in [0.2, 0.25) is 0 Å². The van der Waals surface area contributed by atoms with Crippen LogP contribution in [0.3, 0.4) is 0 Å². The Labute approximate surface area is 174 Å². The fourth-order valence-corrected chi connectivity index (χ4v) is 3.24. The molecule has 3 rings (SSSR count). The maximum Gasteiger partial charge on any atom is 0.318 e. The maximum absolute atomic E-state index is 14.3. The topological polar surface area (TPSA) is 59.4 Å². The molecular formula is C22H23FN4OS. The smallest absolute Gasteiger partial charge is 0.318 e. The molecule has 0 saturated heterocycles. The summed E-state index contributed by atoms with van der Waals surface area (Å²) in [6.45, 7) is 3.00. The van der Waals surface area contributed by atoms with Gasteiger partial charge in [-0.3, -0.25) is 4.99 Å². The average molecular weight is 411 g/mol. The minimum atomic E-state index is -0.554. The van der Waals surface area contributed by atoms with Gasteiger partial charge in [0.2, 0.25) is 0 Å². The third-order valence-corrected chi connectivity index (χ3v) is 4.84. The molecule has 2 aromatic carbocycles. The zero-order valence-corrected chi connectivity index (χ0v) is 17.0. The van der Waals surface area contributed by atoms with Crippen LogP contribution in [0, 0.1) is 5.82 Å². The highest BCUT2D eigenvalue weighted by Crippen LogP contribution is 2.19. The fraction of sp³-hybridized carbons (Fsp3) is 0.227. The number of thioether (sulfide) groups is 1. The van der Waals surface area contributed by atoms with Crippen molar-refractivity contribution < 1.29 is 9.13 Å². The molecule has 0 amide bonds. The third kappa shape index (κ3) is 6.87. The van der Waals surface area contributed by atoms with E-state index in [1.165, 1.54) is 17.3 Å². The molecule has 7 heteroatoms. The van der Waals surface area contributed by atoms with Gasteiger partial charge in [-0.05, 0) is 17.5 Å². The molecule has 1 heterocycles. The van der Waals surface area contributed by atoms with Crippen LogP contribution in [-0.2, 0) is 12.4 Å². The lowest BCUT2D eigenvalue weighted by molar-refractivity contribution is 0.280. The summed E-state index contributed by atoms with van der Waals surface area (Å²) >= 11 is 1.51. The quantitative estimate of drug-likeness (QED) is 0.403. The van der Waals surface area contributed by atoms with E-state index in [9.17, 15) is 4.39 Å². The number of nitrogens with one attached hydrogen (secondary N) is 1. The van der Waals surface area contributed by atoms with E-state index >= 15 is 0 Å². The summed E-state index contributed by atoms with van der Waals surface area (Å²) in [7, 11) is 0. The Morgan fingerprint density at radius 2 is 1.76 bits per heavy atom. The first-order valence-corrected chi connectivity index (χ1v) is 10.4. The van der Waals surface area contributed by atoms with Crippen molar-refractivity contribution in [1.29, 1.82) is 0 Å². The molecule has 0 unspecified atom stereocenters. The molecule has 0 aliphatic carbocycles. The molecule has 0 radical (unpaired) electrons. The summed E-state index contributed by atoms with van der Waals surface area (Å²) in [4.78, 5) is 12.6. The van der Waals surface area contributed by atoms with Crippen molar-refractivity contribution in [2.75, 3.05) is 11.9 Å². The minimum absolute atomic E-state index is 0.0541. The monoisotopic (exact) mass is 410 g/mol. The highest BCUT2D eigenvalue weighted by molar-refractivity contribution is 8.13. The number of aromatic nitrogens is 2. The highest BCUT2D eigenvalue weighted by Gasteiger charge is 2.11. The van der Waals surface area contributed by atoms with Crippen molar-refractivity contribution in [3.8, 4) is 6.01 Å². The van der Waals surface area contributed by atoms with Crippen molar-refractivity contribution in [3.05, 3.63) is 83.8 Å². The Hall–Kier alpha value is -2.93. The van der Waals surface area contributed by atoms with E-state index < -0.39 is 5.82 Å². The Kier molecular flexibility index (Phi) is 8.01. The standard InChI is InChI=1S/C22H23FN4OS/c1-2-13-24-22(29-16-18-11-7-4-8-12-18)27-20-19(23)14-25-21(26-20)28-15-17-9-5-3-6-10-17/h3-12,14H,2,13,15-16H2,1H3,(H,24,25,26,27). The number of ether oxygens (including phenoxy) is 1. The molecule has 150 valence electrons. The van der Waals surface area contributed by atoms with Crippen molar-refractivity contribution in [3.63, 3.8) is 0 Å². The molecule has 0 atom stereocenters. The molecule has 0 fully saturated rings. The zero-order chi connectivity index (χ0) is 20.3. The van der Waals surface area contributed by atoms with Crippen LogP contribution in [0.25, 0.3) is 0 Å². The number of hydrogen-bond donors (Lipinski definition) is 1. The van der Waals surface area contributed by atoms with Gasteiger partial charge in [-0.15, -0.1) is 0 Å². The van der Waals surface area contributed by atoms with Crippen LogP contribution >= 0.6 is 11.8 Å². The molecule has 0 bridgehead atoms. The summed E-state index contributed by atoms with van der Waals surface area (Å²) in [6.07, 6.45) is 2.00. The first-order chi connectivity index (χ1) is 14.2. The van der Waals surface area contributed by atoms with Gasteiger partial charge < -0.3 is 10.1 Å². The largest absolute Gasteiger partial charge is 0.459 e. The zero-order valence-electron chi connectivity index (χ0n) is 16.2. The van der Waals surface area contributed by atoms with Gasteiger partial charge in [-0.25, -0.2) is 9.37 Å².